The number of fused-ring (bicyclic) bond motifs is 2. The van der Waals surface area contributed by atoms with E-state index in [9.17, 15) is 35.5 Å². The molecule has 4 aromatic rings. The van der Waals surface area contributed by atoms with Crippen LogP contribution in [0.4, 0.5) is 11.4 Å². The number of nitrogens with zero attached hydrogens (tertiary/aromatic N) is 3. The quantitative estimate of drug-likeness (QED) is 0.0196. The first-order valence-corrected chi connectivity index (χ1v) is 38.0. The summed E-state index contributed by atoms with van der Waals surface area (Å²) in [7, 11) is -3.07. The third-order valence-electron chi connectivity index (χ3n) is 19.6. The third kappa shape index (κ3) is 24.3. The highest BCUT2D eigenvalue weighted by Crippen LogP contribution is 2.44. The number of aromatic nitrogens is 1. The van der Waals surface area contributed by atoms with Crippen LogP contribution in [0.5, 0.6) is 0 Å². The van der Waals surface area contributed by atoms with E-state index in [-0.39, 0.29) is 34.2 Å². The molecule has 14 heteroatoms. The van der Waals surface area contributed by atoms with Crippen LogP contribution in [0.1, 0.15) is 287 Å². The topological polar surface area (TPSA) is 160 Å². The van der Waals surface area contributed by atoms with Crippen LogP contribution in [0.25, 0.3) is 22.0 Å². The highest BCUT2D eigenvalue weighted by Gasteiger charge is 2.32. The van der Waals surface area contributed by atoms with Gasteiger partial charge in [-0.05, 0) is 148 Å². The molecule has 0 aliphatic heterocycles. The SMILES string of the molecule is CCCCCCCC[N+](C)(CCCCCCCC)CCCCCCCCC(CCC)CCCC[N+](C)(CCCCCCCC)CCCCCCC(C)c1ccc2c(c1)C(=O)c1c(Nc3ccc(S(=O)(=O)O)cc3S(=O)(=O)O)ccc3c1c-2cc(=O)n3C. The van der Waals surface area contributed by atoms with E-state index >= 15 is 0 Å². The van der Waals surface area contributed by atoms with Gasteiger partial charge in [-0.1, -0.05) is 188 Å². The summed E-state index contributed by atoms with van der Waals surface area (Å²) < 4.78 is 72.6. The molecule has 0 bridgehead atoms. The standard InChI is InChI=1S/C73H118N4O8S2/c1-9-13-16-19-26-34-50-76(7,51-35-27-20-17-14-10-2)52-37-29-23-22-24-32-42-60(40-12-4)43-33-39-55-77(8,53-36-28-21-18-15-11-3)54-38-30-25-31-41-59(5)61-44-46-63-64-58-70(78)75(6)68-49-48-67(72(71(64)68)73(79)65(63)56-61)74-66-47-45-62(86(80,81)82)57-69(66)87(83,84)85/h44-49,56-60H,9-43,50-55H2,1-8H3,(H-2,74,79,80,81,82,83,84,85)/p+2. The number of nitrogens with one attached hydrogen (secondary N) is 1. The average Bonchev–Trinajstić information content (AvgIpc) is 0.736. The van der Waals surface area contributed by atoms with Crippen LogP contribution in [0.15, 0.2) is 69.2 Å². The molecule has 3 atom stereocenters. The molecule has 5 rings (SSSR count). The summed E-state index contributed by atoms with van der Waals surface area (Å²) in [5, 5.41) is 3.47. The molecule has 1 heterocycles. The van der Waals surface area contributed by atoms with Gasteiger partial charge in [-0.15, -0.1) is 0 Å². The molecule has 1 aliphatic carbocycles. The predicted octanol–water partition coefficient (Wildman–Crippen LogP) is 19.3. The molecule has 490 valence electrons. The van der Waals surface area contributed by atoms with Crippen molar-refractivity contribution in [2.45, 2.75) is 275 Å². The number of quaternary nitrogens is 2. The second-order valence-electron chi connectivity index (χ2n) is 27.3. The fourth-order valence-electron chi connectivity index (χ4n) is 14.0. The van der Waals surface area contributed by atoms with Crippen LogP contribution < -0.4 is 10.9 Å². The largest absolute Gasteiger partial charge is 0.354 e. The minimum atomic E-state index is -5.00. The van der Waals surface area contributed by atoms with Gasteiger partial charge in [0, 0.05) is 24.1 Å². The van der Waals surface area contributed by atoms with Crippen molar-refractivity contribution in [1.82, 2.24) is 4.57 Å². The molecule has 3 aromatic carbocycles. The van der Waals surface area contributed by atoms with Crippen molar-refractivity contribution in [2.24, 2.45) is 13.0 Å². The van der Waals surface area contributed by atoms with Gasteiger partial charge < -0.3 is 18.8 Å². The Hall–Kier alpha value is -3.92. The fraction of sp³-hybridized carbons (Fsp3) is 0.699. The zero-order valence-electron chi connectivity index (χ0n) is 55.8. The van der Waals surface area contributed by atoms with Crippen LogP contribution in [0, 0.1) is 5.92 Å². The Bertz CT molecular complexity index is 2980. The first-order chi connectivity index (χ1) is 41.7. The molecular weight excluding hydrogens is 1120 g/mol. The van der Waals surface area contributed by atoms with Gasteiger partial charge >= 0.3 is 0 Å². The summed E-state index contributed by atoms with van der Waals surface area (Å²) in [4.78, 5) is 26.6. The summed E-state index contributed by atoms with van der Waals surface area (Å²) in [6, 6.07) is 13.4. The summed E-state index contributed by atoms with van der Waals surface area (Å²) in [5.41, 5.74) is 3.11. The number of hydrogen-bond donors (Lipinski definition) is 3. The van der Waals surface area contributed by atoms with Crippen LogP contribution in [-0.2, 0) is 27.3 Å². The lowest BCUT2D eigenvalue weighted by Crippen LogP contribution is -2.46. The normalized spacial score (nSPS) is 14.2. The molecular formula is C73H120N4O8S2+2. The molecule has 1 aliphatic rings. The lowest BCUT2D eigenvalue weighted by atomic mass is 9.81. The molecule has 0 amide bonds. The van der Waals surface area contributed by atoms with Crippen molar-refractivity contribution in [2.75, 3.05) is 58.7 Å². The highest BCUT2D eigenvalue weighted by molar-refractivity contribution is 7.86. The minimum absolute atomic E-state index is 0.167. The van der Waals surface area contributed by atoms with Gasteiger partial charge in [-0.25, -0.2) is 0 Å². The van der Waals surface area contributed by atoms with Crippen molar-refractivity contribution < 1.29 is 39.7 Å². The number of benzene rings is 3. The van der Waals surface area contributed by atoms with Gasteiger partial charge in [0.05, 0.1) is 80.7 Å². The van der Waals surface area contributed by atoms with Gasteiger partial charge in [0.15, 0.2) is 5.78 Å². The maximum absolute atomic E-state index is 14.8. The van der Waals surface area contributed by atoms with Gasteiger partial charge in [-0.2, -0.15) is 16.8 Å². The molecule has 0 saturated carbocycles. The number of carbonyl (C=O) groups is 1. The molecule has 0 radical (unpaired) electrons. The van der Waals surface area contributed by atoms with E-state index in [1.165, 1.54) is 264 Å². The second-order valence-corrected chi connectivity index (χ2v) is 30.1. The van der Waals surface area contributed by atoms with Gasteiger partial charge in [0.2, 0.25) is 0 Å². The zero-order valence-corrected chi connectivity index (χ0v) is 57.5. The molecule has 0 saturated heterocycles. The number of unbranched alkanes of at least 4 members (excludes halogenated alkanes) is 24. The second kappa shape index (κ2) is 38.1. The molecule has 0 spiro atoms. The molecule has 87 heavy (non-hydrogen) atoms. The van der Waals surface area contributed by atoms with E-state index in [1.807, 2.05) is 12.1 Å². The lowest BCUT2D eigenvalue weighted by molar-refractivity contribution is -0.910. The minimum Gasteiger partial charge on any atom is -0.354 e. The molecule has 3 unspecified atom stereocenters. The Morgan fingerprint density at radius 3 is 1.37 bits per heavy atom. The van der Waals surface area contributed by atoms with E-state index in [0.29, 0.717) is 33.7 Å². The number of ketones is 1. The van der Waals surface area contributed by atoms with Crippen molar-refractivity contribution in [3.8, 4) is 11.1 Å². The van der Waals surface area contributed by atoms with E-state index in [1.54, 1.807) is 19.2 Å². The third-order valence-corrected chi connectivity index (χ3v) is 21.4. The van der Waals surface area contributed by atoms with Crippen LogP contribution in [-0.4, -0.2) is 98.6 Å². The Labute approximate surface area is 529 Å². The van der Waals surface area contributed by atoms with Gasteiger partial charge in [-0.3, -0.25) is 18.7 Å². The average molecular weight is 1250 g/mol. The first-order valence-electron chi connectivity index (χ1n) is 35.1. The van der Waals surface area contributed by atoms with Gasteiger partial charge in [0.25, 0.3) is 25.8 Å². The van der Waals surface area contributed by atoms with Crippen molar-refractivity contribution in [3.05, 3.63) is 81.6 Å². The van der Waals surface area contributed by atoms with E-state index in [4.69, 9.17) is 0 Å². The summed E-state index contributed by atoms with van der Waals surface area (Å²) in [6.07, 6.45) is 46.9. The molecule has 12 nitrogen and oxygen atoms in total. The number of hydrogen-bond acceptors (Lipinski definition) is 7. The van der Waals surface area contributed by atoms with E-state index in [0.717, 1.165) is 42.9 Å². The monoisotopic (exact) mass is 1240 g/mol. The Morgan fingerprint density at radius 2 is 0.897 bits per heavy atom. The number of carbonyl (C=O) groups excluding carboxylic acids is 1. The lowest BCUT2D eigenvalue weighted by Gasteiger charge is -2.35. The highest BCUT2D eigenvalue weighted by atomic mass is 32.2. The maximum Gasteiger partial charge on any atom is 0.296 e. The van der Waals surface area contributed by atoms with Crippen molar-refractivity contribution in [1.29, 1.82) is 0 Å². The Morgan fingerprint density at radius 1 is 0.460 bits per heavy atom. The number of rotatable bonds is 49. The van der Waals surface area contributed by atoms with Crippen LogP contribution >= 0.6 is 0 Å². The fourth-order valence-corrected chi connectivity index (χ4v) is 15.3. The predicted molar refractivity (Wildman–Crippen MR) is 365 cm³/mol. The van der Waals surface area contributed by atoms with Crippen molar-refractivity contribution in [3.63, 3.8) is 0 Å². The number of anilines is 2. The Kier molecular flexibility index (Phi) is 32.3. The molecule has 1 aromatic heterocycles. The van der Waals surface area contributed by atoms with Crippen LogP contribution in [0.3, 0.4) is 0 Å². The molecule has 3 N–H and O–H groups in total. The summed E-state index contributed by atoms with van der Waals surface area (Å²) >= 11 is 0. The number of aryl methyl sites for hydroxylation is 1. The molecule has 0 fully saturated rings. The first kappa shape index (κ1) is 73.8. The maximum atomic E-state index is 14.8. The Balaban J connectivity index is 1.10. The van der Waals surface area contributed by atoms with E-state index in [2.05, 4.69) is 60.1 Å². The summed E-state index contributed by atoms with van der Waals surface area (Å²) in [6.45, 7) is 19.4. The zero-order chi connectivity index (χ0) is 63.3. The smallest absolute Gasteiger partial charge is 0.296 e. The summed E-state index contributed by atoms with van der Waals surface area (Å²) in [5.74, 6) is 0.721. The van der Waals surface area contributed by atoms with Crippen molar-refractivity contribution >= 4 is 48.3 Å². The van der Waals surface area contributed by atoms with E-state index < -0.39 is 30.0 Å². The van der Waals surface area contributed by atoms with Gasteiger partial charge in [0.1, 0.15) is 4.90 Å². The number of pyridine rings is 1. The van der Waals surface area contributed by atoms with Crippen LogP contribution in [0.2, 0.25) is 0 Å².